The number of sulfonamides is 1. The third-order valence-corrected chi connectivity index (χ3v) is 8.46. The van der Waals surface area contributed by atoms with Crippen molar-refractivity contribution in [3.05, 3.63) is 46.9 Å². The smallest absolute Gasteiger partial charge is 0.322 e. The normalized spacial score (nSPS) is 16.1. The van der Waals surface area contributed by atoms with E-state index in [1.54, 1.807) is 43.7 Å². The number of benzene rings is 1. The van der Waals surface area contributed by atoms with Gasteiger partial charge in [0.1, 0.15) is 5.39 Å². The Bertz CT molecular complexity index is 1620. The molecule has 14 heteroatoms. The lowest BCUT2D eigenvalue weighted by atomic mass is 9.84. The Kier molecular flexibility index (Phi) is 7.50. The number of halogens is 2. The minimum atomic E-state index is -3.75. The predicted octanol–water partition coefficient (Wildman–Crippen LogP) is 3.43. The Labute approximate surface area is 230 Å². The molecule has 3 N–H and O–H groups in total. The number of aromatic amines is 1. The summed E-state index contributed by atoms with van der Waals surface area (Å²) in [5.41, 5.74) is -1.16. The van der Waals surface area contributed by atoms with Crippen LogP contribution in [0.3, 0.4) is 0 Å². The quantitative estimate of drug-likeness (QED) is 0.390. The molecule has 0 saturated carbocycles. The Morgan fingerprint density at radius 1 is 1.15 bits per heavy atom. The van der Waals surface area contributed by atoms with Crippen LogP contribution >= 0.6 is 0 Å². The number of carbonyl (C=O) groups excluding carboxylic acids is 1. The van der Waals surface area contributed by atoms with Gasteiger partial charge in [-0.1, -0.05) is 0 Å². The molecule has 0 aliphatic carbocycles. The highest BCUT2D eigenvalue weighted by Crippen LogP contribution is 2.38. The molecule has 1 saturated heterocycles. The lowest BCUT2D eigenvalue weighted by Crippen LogP contribution is -2.51. The first-order chi connectivity index (χ1) is 18.6. The molecule has 1 amide bonds. The number of alkyl halides is 2. The van der Waals surface area contributed by atoms with E-state index in [0.717, 1.165) is 4.90 Å². The number of piperidine rings is 1. The summed E-state index contributed by atoms with van der Waals surface area (Å²) in [6.45, 7) is 5.75. The van der Waals surface area contributed by atoms with Gasteiger partial charge < -0.3 is 15.2 Å². The number of fused-ring (bicyclic) bond motifs is 1. The third-order valence-electron chi connectivity index (χ3n) is 6.69. The number of rotatable bonds is 7. The van der Waals surface area contributed by atoms with Crippen molar-refractivity contribution in [2.45, 2.75) is 68.9 Å². The first kappa shape index (κ1) is 29.2. The molecule has 0 unspecified atom stereocenters. The van der Waals surface area contributed by atoms with Crippen molar-refractivity contribution in [3.8, 4) is 6.07 Å². The summed E-state index contributed by atoms with van der Waals surface area (Å²) in [5, 5.41) is 17.6. The molecular weight excluding hydrogens is 544 g/mol. The van der Waals surface area contributed by atoms with E-state index in [-0.39, 0.29) is 48.5 Å². The van der Waals surface area contributed by atoms with Crippen molar-refractivity contribution >= 4 is 38.3 Å². The number of hydrogen-bond acceptors (Lipinski definition) is 7. The molecule has 1 aliphatic heterocycles. The van der Waals surface area contributed by atoms with Crippen molar-refractivity contribution < 1.29 is 22.0 Å². The van der Waals surface area contributed by atoms with E-state index < -0.39 is 38.5 Å². The van der Waals surface area contributed by atoms with Crippen LogP contribution in [0.5, 0.6) is 0 Å². The van der Waals surface area contributed by atoms with E-state index in [9.17, 15) is 32.0 Å². The van der Waals surface area contributed by atoms with Crippen LogP contribution in [0.1, 0.15) is 47.0 Å². The topological polar surface area (TPSA) is 153 Å². The second-order valence-electron chi connectivity index (χ2n) is 11.1. The molecule has 4 rings (SSSR count). The van der Waals surface area contributed by atoms with E-state index in [1.165, 1.54) is 18.3 Å². The van der Waals surface area contributed by atoms with Gasteiger partial charge in [0.25, 0.3) is 11.5 Å². The maximum atomic E-state index is 13.6. The van der Waals surface area contributed by atoms with Crippen molar-refractivity contribution in [3.63, 3.8) is 0 Å². The minimum absolute atomic E-state index is 0.00418. The van der Waals surface area contributed by atoms with Gasteiger partial charge in [-0.2, -0.15) is 19.1 Å². The summed E-state index contributed by atoms with van der Waals surface area (Å²) < 4.78 is 56.7. The molecule has 0 bridgehead atoms. The largest absolute Gasteiger partial charge is 0.338 e. The fourth-order valence-corrected chi connectivity index (χ4v) is 6.28. The van der Waals surface area contributed by atoms with Crippen LogP contribution in [-0.4, -0.2) is 58.5 Å². The van der Waals surface area contributed by atoms with E-state index in [0.29, 0.717) is 18.1 Å². The van der Waals surface area contributed by atoms with Gasteiger partial charge in [-0.05, 0) is 63.9 Å². The van der Waals surface area contributed by atoms with Gasteiger partial charge in [-0.15, -0.1) is 0 Å². The number of carbonyl (C=O) groups is 1. The highest BCUT2D eigenvalue weighted by atomic mass is 32.2. The number of nitriles is 1. The molecule has 0 atom stereocenters. The Hall–Kier alpha value is -3.83. The molecule has 3 heterocycles. The second kappa shape index (κ2) is 10.3. The molecule has 2 aromatic heterocycles. The van der Waals surface area contributed by atoms with Crippen LogP contribution in [-0.2, 0) is 20.4 Å². The summed E-state index contributed by atoms with van der Waals surface area (Å²) in [5.74, 6) is -4.60. The second-order valence-corrected chi connectivity index (χ2v) is 12.8. The number of anilines is 2. The van der Waals surface area contributed by atoms with Crippen LogP contribution in [0, 0.1) is 11.3 Å². The van der Waals surface area contributed by atoms with Crippen LogP contribution in [0.4, 0.5) is 20.3 Å². The summed E-state index contributed by atoms with van der Waals surface area (Å²) in [6.07, 6.45) is 1.79. The molecule has 11 nitrogen and oxygen atoms in total. The molecule has 214 valence electrons. The molecule has 1 fully saturated rings. The van der Waals surface area contributed by atoms with E-state index in [2.05, 4.69) is 26.2 Å². The van der Waals surface area contributed by atoms with Crippen molar-refractivity contribution in [2.24, 2.45) is 0 Å². The molecule has 0 radical (unpaired) electrons. The fraction of sp³-hybridized carbons (Fsp3) is 0.462. The number of aromatic nitrogens is 3. The zero-order valence-electron chi connectivity index (χ0n) is 22.6. The van der Waals surface area contributed by atoms with E-state index >= 15 is 0 Å². The van der Waals surface area contributed by atoms with Crippen LogP contribution in [0.2, 0.25) is 0 Å². The van der Waals surface area contributed by atoms with Crippen LogP contribution in [0.25, 0.3) is 10.9 Å². The number of nitrogens with one attached hydrogen (secondary N) is 3. The van der Waals surface area contributed by atoms with Gasteiger partial charge in [0.2, 0.25) is 10.0 Å². The number of H-pyrrole nitrogens is 1. The molecule has 1 aliphatic rings. The summed E-state index contributed by atoms with van der Waals surface area (Å²) in [4.78, 5) is 28.8. The van der Waals surface area contributed by atoms with Crippen molar-refractivity contribution in [1.29, 1.82) is 5.26 Å². The molecule has 3 aromatic rings. The molecule has 0 spiro atoms. The monoisotopic (exact) mass is 575 g/mol. The third kappa shape index (κ3) is 5.85. The number of hydrogen-bond donors (Lipinski definition) is 3. The van der Waals surface area contributed by atoms with Gasteiger partial charge >= 0.3 is 5.92 Å². The van der Waals surface area contributed by atoms with Crippen molar-refractivity contribution in [2.75, 3.05) is 18.4 Å². The molecule has 40 heavy (non-hydrogen) atoms. The first-order valence-electron chi connectivity index (χ1n) is 12.6. The maximum Gasteiger partial charge on any atom is 0.322 e. The number of nitrogens with zero attached hydrogens (tertiary/aromatic N) is 4. The fourth-order valence-electron chi connectivity index (χ4n) is 4.86. The number of amides is 1. The van der Waals surface area contributed by atoms with E-state index in [1.807, 2.05) is 0 Å². The summed E-state index contributed by atoms with van der Waals surface area (Å²) >= 11 is 0. The summed E-state index contributed by atoms with van der Waals surface area (Å²) in [6, 6.07) is 9.71. The standard InChI is InChI=1S/C26H31F2N7O4S/c1-24(2,3)33-40(38,39)18-7-5-17(6-8-18)31-21-20-19(9-14-30-22(20)36)35(32-21)26(10-13-29)11-15-34(16-12-26)23(37)25(4,27)28/h5-9,14,33H,10-12,15-16H2,1-4H3,(H,30,36)(H,31,32). The summed E-state index contributed by atoms with van der Waals surface area (Å²) in [7, 11) is -3.75. The highest BCUT2D eigenvalue weighted by Gasteiger charge is 2.44. The first-order valence-corrected chi connectivity index (χ1v) is 14.1. The Morgan fingerprint density at radius 2 is 1.77 bits per heavy atom. The van der Waals surface area contributed by atoms with E-state index in [4.69, 9.17) is 0 Å². The Balaban J connectivity index is 1.69. The van der Waals surface area contributed by atoms with Gasteiger partial charge in [-0.3, -0.25) is 14.3 Å². The average molecular weight is 576 g/mol. The minimum Gasteiger partial charge on any atom is -0.338 e. The number of likely N-dealkylation sites (tertiary alicyclic amines) is 1. The maximum absolute atomic E-state index is 13.6. The zero-order chi connectivity index (χ0) is 29.5. The number of pyridine rings is 1. The highest BCUT2D eigenvalue weighted by molar-refractivity contribution is 7.89. The van der Waals surface area contributed by atoms with Gasteiger partial charge in [0.15, 0.2) is 5.82 Å². The van der Waals surface area contributed by atoms with Crippen molar-refractivity contribution in [1.82, 2.24) is 24.4 Å². The predicted molar refractivity (Wildman–Crippen MR) is 145 cm³/mol. The molecular formula is C26H31F2N7O4S. The van der Waals surface area contributed by atoms with Crippen LogP contribution in [0.15, 0.2) is 46.2 Å². The lowest BCUT2D eigenvalue weighted by molar-refractivity contribution is -0.157. The van der Waals surface area contributed by atoms with Gasteiger partial charge in [0.05, 0.1) is 28.4 Å². The zero-order valence-corrected chi connectivity index (χ0v) is 23.4. The Morgan fingerprint density at radius 3 is 2.33 bits per heavy atom. The SMILES string of the molecule is CC(C)(C)NS(=O)(=O)c1ccc(Nc2nn(C3(CC#N)CCN(C(=O)C(C)(F)F)CC3)c3cc[nH]c(=O)c23)cc1. The molecule has 1 aromatic carbocycles. The van der Waals surface area contributed by atoms with Gasteiger partial charge in [0, 0.05) is 37.4 Å². The lowest BCUT2D eigenvalue weighted by Gasteiger charge is -2.41. The van der Waals surface area contributed by atoms with Crippen LogP contribution < -0.4 is 15.6 Å². The average Bonchev–Trinajstić information content (AvgIpc) is 3.23. The van der Waals surface area contributed by atoms with Gasteiger partial charge in [-0.25, -0.2) is 13.1 Å².